The maximum absolute atomic E-state index is 13.3. The van der Waals surface area contributed by atoms with Crippen LogP contribution in [-0.4, -0.2) is 17.9 Å². The number of H-pyrrole nitrogens is 1. The summed E-state index contributed by atoms with van der Waals surface area (Å²) >= 11 is 0. The first-order valence-corrected chi connectivity index (χ1v) is 5.68. The molecule has 0 aliphatic rings. The fraction of sp³-hybridized carbons (Fsp3) is 0.0769. The van der Waals surface area contributed by atoms with Crippen LogP contribution in [0, 0.1) is 5.82 Å². The highest BCUT2D eigenvalue weighted by Gasteiger charge is 2.10. The molecule has 0 bridgehead atoms. The van der Waals surface area contributed by atoms with Gasteiger partial charge < -0.3 is 21.2 Å². The number of halogens is 1. The predicted octanol–water partition coefficient (Wildman–Crippen LogP) is 1.14. The van der Waals surface area contributed by atoms with Crippen molar-refractivity contribution in [3.63, 3.8) is 0 Å². The Balaban J connectivity index is 2.48. The number of anilines is 1. The van der Waals surface area contributed by atoms with E-state index in [4.69, 9.17) is 16.2 Å². The fourth-order valence-electron chi connectivity index (χ4n) is 1.67. The number of nitrogen functional groups attached to an aromatic ring is 1. The van der Waals surface area contributed by atoms with Crippen molar-refractivity contribution in [3.8, 4) is 5.75 Å². The Kier molecular flexibility index (Phi) is 3.69. The number of methoxy groups -OCH3 is 1. The van der Waals surface area contributed by atoms with Gasteiger partial charge in [0.2, 0.25) is 0 Å². The van der Waals surface area contributed by atoms with Crippen LogP contribution in [0.1, 0.15) is 5.56 Å². The van der Waals surface area contributed by atoms with Crippen molar-refractivity contribution in [2.24, 2.45) is 10.7 Å². The number of benzene rings is 1. The van der Waals surface area contributed by atoms with Crippen LogP contribution >= 0.6 is 0 Å². The number of aliphatic imine (C=N–C) groups is 1. The summed E-state index contributed by atoms with van der Waals surface area (Å²) in [6.07, 6.45) is 1.41. The monoisotopic (exact) mass is 276 g/mol. The van der Waals surface area contributed by atoms with E-state index in [-0.39, 0.29) is 22.8 Å². The Labute approximate surface area is 113 Å². The number of hydrogen-bond acceptors (Lipinski definition) is 4. The van der Waals surface area contributed by atoms with Crippen molar-refractivity contribution in [2.75, 3.05) is 12.8 Å². The van der Waals surface area contributed by atoms with E-state index in [1.807, 2.05) is 0 Å². The number of hydrogen-bond donors (Lipinski definition) is 3. The molecular weight excluding hydrogens is 263 g/mol. The lowest BCUT2D eigenvalue weighted by Gasteiger charge is -2.05. The van der Waals surface area contributed by atoms with Gasteiger partial charge in [-0.3, -0.25) is 4.79 Å². The van der Waals surface area contributed by atoms with Gasteiger partial charge in [0.05, 0.1) is 12.8 Å². The summed E-state index contributed by atoms with van der Waals surface area (Å²) in [5, 5.41) is 0. The van der Waals surface area contributed by atoms with Gasteiger partial charge >= 0.3 is 0 Å². The molecule has 1 heterocycles. The Morgan fingerprint density at radius 2 is 2.15 bits per heavy atom. The van der Waals surface area contributed by atoms with E-state index >= 15 is 0 Å². The molecule has 2 aromatic rings. The van der Waals surface area contributed by atoms with Gasteiger partial charge in [-0.05, 0) is 18.2 Å². The number of aromatic amines is 1. The molecule has 0 aliphatic carbocycles. The van der Waals surface area contributed by atoms with Crippen molar-refractivity contribution in [2.45, 2.75) is 0 Å². The highest BCUT2D eigenvalue weighted by Crippen LogP contribution is 2.23. The number of aromatic nitrogens is 1. The van der Waals surface area contributed by atoms with Crippen LogP contribution in [0.5, 0.6) is 5.75 Å². The number of nitrogens with two attached hydrogens (primary N) is 2. The van der Waals surface area contributed by atoms with Gasteiger partial charge in [-0.1, -0.05) is 0 Å². The Hall–Kier alpha value is -2.83. The molecule has 1 aromatic carbocycles. The van der Waals surface area contributed by atoms with E-state index in [1.165, 1.54) is 37.6 Å². The van der Waals surface area contributed by atoms with Crippen LogP contribution in [0.2, 0.25) is 0 Å². The van der Waals surface area contributed by atoms with E-state index in [9.17, 15) is 9.18 Å². The first-order chi connectivity index (χ1) is 9.52. The van der Waals surface area contributed by atoms with Gasteiger partial charge in [-0.2, -0.15) is 0 Å². The molecule has 0 amide bonds. The quantitative estimate of drug-likeness (QED) is 0.577. The standard InChI is InChI=1S/C13H13FN4O2/c1-20-10-6-7(2-3-8(10)14)18-12(16)11-9(15)4-5-17-13(11)19/h2-6H,1H3,(H2,16,18)(H3,15,17,19). The van der Waals surface area contributed by atoms with Gasteiger partial charge in [0.15, 0.2) is 11.6 Å². The van der Waals surface area contributed by atoms with E-state index in [1.54, 1.807) is 0 Å². The molecule has 0 spiro atoms. The molecule has 20 heavy (non-hydrogen) atoms. The van der Waals surface area contributed by atoms with Crippen molar-refractivity contribution in [1.82, 2.24) is 4.98 Å². The van der Waals surface area contributed by atoms with Gasteiger partial charge in [-0.25, -0.2) is 9.38 Å². The lowest BCUT2D eigenvalue weighted by atomic mass is 10.2. The maximum Gasteiger partial charge on any atom is 0.261 e. The maximum atomic E-state index is 13.3. The third kappa shape index (κ3) is 2.61. The van der Waals surface area contributed by atoms with Crippen LogP contribution in [0.4, 0.5) is 15.8 Å². The molecule has 0 fully saturated rings. The summed E-state index contributed by atoms with van der Waals surface area (Å²) in [7, 11) is 1.34. The normalized spacial score (nSPS) is 11.4. The zero-order valence-corrected chi connectivity index (χ0v) is 10.7. The molecule has 0 radical (unpaired) electrons. The highest BCUT2D eigenvalue weighted by atomic mass is 19.1. The summed E-state index contributed by atoms with van der Waals surface area (Å²) in [4.78, 5) is 18.2. The summed E-state index contributed by atoms with van der Waals surface area (Å²) in [5.74, 6) is -0.533. The third-order valence-electron chi connectivity index (χ3n) is 2.63. The number of ether oxygens (including phenoxy) is 1. The minimum atomic E-state index is -0.512. The zero-order chi connectivity index (χ0) is 14.7. The highest BCUT2D eigenvalue weighted by molar-refractivity contribution is 6.02. The van der Waals surface area contributed by atoms with Crippen LogP contribution < -0.4 is 21.8 Å². The lowest BCUT2D eigenvalue weighted by molar-refractivity contribution is 0.387. The molecule has 104 valence electrons. The first kappa shape index (κ1) is 13.6. The van der Waals surface area contributed by atoms with E-state index in [2.05, 4.69) is 9.98 Å². The average Bonchev–Trinajstić information content (AvgIpc) is 2.40. The third-order valence-corrected chi connectivity index (χ3v) is 2.63. The number of amidine groups is 1. The van der Waals surface area contributed by atoms with Crippen molar-refractivity contribution in [3.05, 3.63) is 52.2 Å². The topological polar surface area (TPSA) is 106 Å². The first-order valence-electron chi connectivity index (χ1n) is 5.68. The number of rotatable bonds is 3. The van der Waals surface area contributed by atoms with Crippen molar-refractivity contribution in [1.29, 1.82) is 0 Å². The van der Waals surface area contributed by atoms with E-state index < -0.39 is 11.4 Å². The van der Waals surface area contributed by atoms with Crippen LogP contribution in [-0.2, 0) is 0 Å². The molecule has 2 rings (SSSR count). The lowest BCUT2D eigenvalue weighted by Crippen LogP contribution is -2.25. The second kappa shape index (κ2) is 5.43. The molecule has 7 heteroatoms. The van der Waals surface area contributed by atoms with Crippen LogP contribution in [0.3, 0.4) is 0 Å². The Bertz CT molecular complexity index is 725. The molecule has 6 nitrogen and oxygen atoms in total. The van der Waals surface area contributed by atoms with Gasteiger partial charge in [0, 0.05) is 18.0 Å². The number of pyridine rings is 1. The van der Waals surface area contributed by atoms with Gasteiger partial charge in [0.25, 0.3) is 5.56 Å². The number of nitrogens with zero attached hydrogens (tertiary/aromatic N) is 1. The molecule has 0 atom stereocenters. The molecule has 0 saturated heterocycles. The smallest absolute Gasteiger partial charge is 0.261 e. The molecule has 5 N–H and O–H groups in total. The average molecular weight is 276 g/mol. The Morgan fingerprint density at radius 1 is 1.40 bits per heavy atom. The fourth-order valence-corrected chi connectivity index (χ4v) is 1.67. The second-order valence-electron chi connectivity index (χ2n) is 3.95. The van der Waals surface area contributed by atoms with Crippen molar-refractivity contribution < 1.29 is 9.13 Å². The zero-order valence-electron chi connectivity index (χ0n) is 10.7. The van der Waals surface area contributed by atoms with E-state index in [0.717, 1.165) is 0 Å². The molecule has 0 unspecified atom stereocenters. The van der Waals surface area contributed by atoms with Crippen molar-refractivity contribution >= 4 is 17.2 Å². The molecule has 0 saturated carbocycles. The SMILES string of the molecule is COc1cc(N=C(N)c2c(N)cc[nH]c2=O)ccc1F. The van der Waals surface area contributed by atoms with Crippen LogP contribution in [0.15, 0.2) is 40.2 Å². The van der Waals surface area contributed by atoms with Gasteiger partial charge in [0.1, 0.15) is 11.4 Å². The van der Waals surface area contributed by atoms with E-state index in [0.29, 0.717) is 5.69 Å². The molecule has 1 aromatic heterocycles. The summed E-state index contributed by atoms with van der Waals surface area (Å²) < 4.78 is 18.1. The summed E-state index contributed by atoms with van der Waals surface area (Å²) in [6, 6.07) is 5.49. The molecular formula is C13H13FN4O2. The predicted molar refractivity (Wildman–Crippen MR) is 74.8 cm³/mol. The number of nitrogens with one attached hydrogen (secondary N) is 1. The molecule has 0 aliphatic heterocycles. The van der Waals surface area contributed by atoms with Crippen LogP contribution in [0.25, 0.3) is 0 Å². The minimum absolute atomic E-state index is 0.0361. The Morgan fingerprint density at radius 3 is 2.80 bits per heavy atom. The second-order valence-corrected chi connectivity index (χ2v) is 3.95. The summed E-state index contributed by atoms with van der Waals surface area (Å²) in [5.41, 5.74) is 11.7. The van der Waals surface area contributed by atoms with Gasteiger partial charge in [-0.15, -0.1) is 0 Å². The largest absolute Gasteiger partial charge is 0.494 e. The summed E-state index contributed by atoms with van der Waals surface area (Å²) in [6.45, 7) is 0. The minimum Gasteiger partial charge on any atom is -0.494 e.